The second-order valence-corrected chi connectivity index (χ2v) is 7.37. The lowest BCUT2D eigenvalue weighted by atomic mass is 10.0. The summed E-state index contributed by atoms with van der Waals surface area (Å²) < 4.78 is 1.69. The van der Waals surface area contributed by atoms with Gasteiger partial charge in [0.25, 0.3) is 0 Å². The molecule has 1 N–H and O–H groups in total. The third-order valence-electron chi connectivity index (χ3n) is 5.14. The summed E-state index contributed by atoms with van der Waals surface area (Å²) in [6, 6.07) is 20.3. The lowest BCUT2D eigenvalue weighted by Gasteiger charge is -2.14. The molecule has 0 fully saturated rings. The molecule has 0 aliphatic rings. The number of nitrogens with one attached hydrogen (secondary N) is 1. The largest absolute Gasteiger partial charge is 0.348 e. The maximum absolute atomic E-state index is 12.6. The number of aryl methyl sites for hydroxylation is 2. The van der Waals surface area contributed by atoms with Crippen molar-refractivity contribution in [1.82, 2.24) is 20.1 Å². The molecule has 0 aliphatic heterocycles. The molecule has 0 spiro atoms. The van der Waals surface area contributed by atoms with Gasteiger partial charge in [-0.05, 0) is 43.5 Å². The highest BCUT2D eigenvalue weighted by Gasteiger charge is 2.17. The third kappa shape index (κ3) is 3.90. The zero-order valence-electron chi connectivity index (χ0n) is 16.9. The summed E-state index contributed by atoms with van der Waals surface area (Å²) in [5.41, 5.74) is 6.08. The predicted molar refractivity (Wildman–Crippen MR) is 115 cm³/mol. The Balaban J connectivity index is 1.61. The molecule has 2 aromatic heterocycles. The van der Waals surface area contributed by atoms with Gasteiger partial charge in [0.05, 0.1) is 11.7 Å². The molecule has 4 aromatic rings. The van der Waals surface area contributed by atoms with Gasteiger partial charge in [0.1, 0.15) is 6.54 Å². The highest BCUT2D eigenvalue weighted by Crippen LogP contribution is 2.30. The summed E-state index contributed by atoms with van der Waals surface area (Å²) in [5.74, 6) is -0.0895. The predicted octanol–water partition coefficient (Wildman–Crippen LogP) is 4.59. The molecule has 1 unspecified atom stereocenters. The number of fused-ring (bicyclic) bond motifs is 1. The first-order valence-electron chi connectivity index (χ1n) is 9.76. The first-order chi connectivity index (χ1) is 14.0. The minimum absolute atomic E-state index is 0.0669. The Labute approximate surface area is 170 Å². The summed E-state index contributed by atoms with van der Waals surface area (Å²) in [4.78, 5) is 17.2. The smallest absolute Gasteiger partial charge is 0.242 e. The van der Waals surface area contributed by atoms with Gasteiger partial charge in [-0.3, -0.25) is 4.79 Å². The minimum atomic E-state index is -0.0895. The SMILES string of the molecule is Cc1ccc(-c2ccnc3c2c(C)nn3CC(=O)NC(C)c2ccccc2)cc1. The van der Waals surface area contributed by atoms with Crippen LogP contribution in [0.25, 0.3) is 22.2 Å². The van der Waals surface area contributed by atoms with E-state index in [4.69, 9.17) is 0 Å². The number of aromatic nitrogens is 3. The van der Waals surface area contributed by atoms with E-state index in [0.29, 0.717) is 0 Å². The van der Waals surface area contributed by atoms with Gasteiger partial charge in [0.15, 0.2) is 5.65 Å². The molecule has 4 rings (SSSR count). The van der Waals surface area contributed by atoms with Crippen LogP contribution in [0.1, 0.15) is 29.8 Å². The van der Waals surface area contributed by atoms with Gasteiger partial charge >= 0.3 is 0 Å². The first kappa shape index (κ1) is 18.9. The van der Waals surface area contributed by atoms with E-state index in [1.807, 2.05) is 50.2 Å². The van der Waals surface area contributed by atoms with Crippen LogP contribution in [0.2, 0.25) is 0 Å². The third-order valence-corrected chi connectivity index (χ3v) is 5.14. The Bertz CT molecular complexity index is 1150. The van der Waals surface area contributed by atoms with Crippen LogP contribution < -0.4 is 5.32 Å². The van der Waals surface area contributed by atoms with Crippen molar-refractivity contribution in [2.45, 2.75) is 33.4 Å². The van der Waals surface area contributed by atoms with Gasteiger partial charge in [-0.2, -0.15) is 5.10 Å². The lowest BCUT2D eigenvalue weighted by molar-refractivity contribution is -0.122. The fourth-order valence-electron chi connectivity index (χ4n) is 3.61. The van der Waals surface area contributed by atoms with Gasteiger partial charge in [-0.25, -0.2) is 9.67 Å². The highest BCUT2D eigenvalue weighted by atomic mass is 16.2. The highest BCUT2D eigenvalue weighted by molar-refractivity contribution is 5.95. The van der Waals surface area contributed by atoms with E-state index in [1.54, 1.807) is 10.9 Å². The average Bonchev–Trinajstić information content (AvgIpc) is 3.04. The van der Waals surface area contributed by atoms with Crippen LogP contribution in [0.3, 0.4) is 0 Å². The maximum Gasteiger partial charge on any atom is 0.242 e. The van der Waals surface area contributed by atoms with Crippen LogP contribution >= 0.6 is 0 Å². The van der Waals surface area contributed by atoms with Crippen molar-refractivity contribution in [2.75, 3.05) is 0 Å². The number of benzene rings is 2. The Morgan fingerprint density at radius 1 is 1.03 bits per heavy atom. The zero-order chi connectivity index (χ0) is 20.4. The second-order valence-electron chi connectivity index (χ2n) is 7.37. The summed E-state index contributed by atoms with van der Waals surface area (Å²) in [6.07, 6.45) is 1.78. The number of hydrogen-bond donors (Lipinski definition) is 1. The van der Waals surface area contributed by atoms with E-state index in [0.717, 1.165) is 33.4 Å². The van der Waals surface area contributed by atoms with Gasteiger partial charge in [0, 0.05) is 11.6 Å². The van der Waals surface area contributed by atoms with Crippen LogP contribution in [0.5, 0.6) is 0 Å². The summed E-state index contributed by atoms with van der Waals surface area (Å²) in [7, 11) is 0. The van der Waals surface area contributed by atoms with E-state index in [1.165, 1.54) is 5.56 Å². The van der Waals surface area contributed by atoms with Crippen LogP contribution in [-0.4, -0.2) is 20.7 Å². The van der Waals surface area contributed by atoms with Crippen molar-refractivity contribution in [2.24, 2.45) is 0 Å². The molecule has 29 heavy (non-hydrogen) atoms. The van der Waals surface area contributed by atoms with Crippen molar-refractivity contribution in [3.63, 3.8) is 0 Å². The molecule has 1 atom stereocenters. The van der Waals surface area contributed by atoms with Crippen LogP contribution in [-0.2, 0) is 11.3 Å². The summed E-state index contributed by atoms with van der Waals surface area (Å²) in [6.45, 7) is 6.15. The monoisotopic (exact) mass is 384 g/mol. The molecule has 2 heterocycles. The fourth-order valence-corrected chi connectivity index (χ4v) is 3.61. The number of rotatable bonds is 5. The van der Waals surface area contributed by atoms with E-state index in [2.05, 4.69) is 46.6 Å². The molecule has 0 radical (unpaired) electrons. The topological polar surface area (TPSA) is 59.8 Å². The van der Waals surface area contributed by atoms with Crippen LogP contribution in [0, 0.1) is 13.8 Å². The Morgan fingerprint density at radius 2 is 1.76 bits per heavy atom. The lowest BCUT2D eigenvalue weighted by Crippen LogP contribution is -2.30. The second kappa shape index (κ2) is 7.87. The molecule has 0 saturated carbocycles. The molecule has 2 aromatic carbocycles. The van der Waals surface area contributed by atoms with Crippen LogP contribution in [0.4, 0.5) is 0 Å². The van der Waals surface area contributed by atoms with Crippen LogP contribution in [0.15, 0.2) is 66.9 Å². The van der Waals surface area contributed by atoms with E-state index in [-0.39, 0.29) is 18.5 Å². The number of pyridine rings is 1. The number of nitrogens with zero attached hydrogens (tertiary/aromatic N) is 3. The first-order valence-corrected chi connectivity index (χ1v) is 9.76. The Hall–Kier alpha value is -3.47. The Morgan fingerprint density at radius 3 is 2.48 bits per heavy atom. The van der Waals surface area contributed by atoms with Gasteiger partial charge in [0.2, 0.25) is 5.91 Å². The number of carbonyl (C=O) groups is 1. The molecule has 0 bridgehead atoms. The molecule has 0 saturated heterocycles. The quantitative estimate of drug-likeness (QED) is 0.547. The molecular weight excluding hydrogens is 360 g/mol. The summed E-state index contributed by atoms with van der Waals surface area (Å²) in [5, 5.41) is 8.64. The molecule has 5 heteroatoms. The van der Waals surface area contributed by atoms with E-state index in [9.17, 15) is 4.79 Å². The number of carbonyl (C=O) groups excluding carboxylic acids is 1. The van der Waals surface area contributed by atoms with Crippen molar-refractivity contribution in [3.05, 3.63) is 83.7 Å². The number of amides is 1. The normalized spacial score (nSPS) is 12.1. The Kier molecular flexibility index (Phi) is 5.12. The zero-order valence-corrected chi connectivity index (χ0v) is 16.9. The maximum atomic E-state index is 12.6. The molecule has 146 valence electrons. The molecule has 1 amide bonds. The van der Waals surface area contributed by atoms with E-state index >= 15 is 0 Å². The molecule has 0 aliphatic carbocycles. The van der Waals surface area contributed by atoms with Crippen molar-refractivity contribution in [3.8, 4) is 11.1 Å². The van der Waals surface area contributed by atoms with Gasteiger partial charge in [-0.15, -0.1) is 0 Å². The van der Waals surface area contributed by atoms with Gasteiger partial charge in [-0.1, -0.05) is 60.2 Å². The van der Waals surface area contributed by atoms with Crippen molar-refractivity contribution in [1.29, 1.82) is 0 Å². The van der Waals surface area contributed by atoms with Crippen molar-refractivity contribution >= 4 is 16.9 Å². The standard InChI is InChI=1S/C24H24N4O/c1-16-9-11-20(12-10-16)21-13-14-25-24-23(21)18(3)27-28(24)15-22(29)26-17(2)19-7-5-4-6-8-19/h4-14,17H,15H2,1-3H3,(H,26,29). The van der Waals surface area contributed by atoms with Gasteiger partial charge < -0.3 is 5.32 Å². The van der Waals surface area contributed by atoms with Crippen molar-refractivity contribution < 1.29 is 4.79 Å². The summed E-state index contributed by atoms with van der Waals surface area (Å²) >= 11 is 0. The number of hydrogen-bond acceptors (Lipinski definition) is 3. The molecular formula is C24H24N4O. The minimum Gasteiger partial charge on any atom is -0.348 e. The fraction of sp³-hybridized carbons (Fsp3) is 0.208. The molecule has 5 nitrogen and oxygen atoms in total. The van der Waals surface area contributed by atoms with E-state index < -0.39 is 0 Å². The average molecular weight is 384 g/mol.